The van der Waals surface area contributed by atoms with Crippen LogP contribution in [0.4, 0.5) is 10.5 Å². The molecule has 2 heterocycles. The summed E-state index contributed by atoms with van der Waals surface area (Å²) >= 11 is 3.35. The van der Waals surface area contributed by atoms with E-state index in [0.717, 1.165) is 37.1 Å². The van der Waals surface area contributed by atoms with Gasteiger partial charge in [0.1, 0.15) is 5.57 Å². The quantitative estimate of drug-likeness (QED) is 0.292. The van der Waals surface area contributed by atoms with Crippen LogP contribution < -0.4 is 10.2 Å². The van der Waals surface area contributed by atoms with Gasteiger partial charge in [0.05, 0.1) is 5.69 Å². The number of anilines is 1. The van der Waals surface area contributed by atoms with Crippen molar-refractivity contribution in [3.8, 4) is 0 Å². The van der Waals surface area contributed by atoms with Gasteiger partial charge in [-0.2, -0.15) is 0 Å². The highest BCUT2D eigenvalue weighted by Gasteiger charge is 2.37. The number of carbonyl (C=O) groups excluding carboxylic acids is 3. The Kier molecular flexibility index (Phi) is 5.63. The Bertz CT molecular complexity index is 1470. The van der Waals surface area contributed by atoms with Gasteiger partial charge in [-0.3, -0.25) is 14.9 Å². The molecule has 4 amide bonds. The smallest absolute Gasteiger partial charge is 0.335 e. The zero-order valence-electron chi connectivity index (χ0n) is 18.3. The first-order valence-electron chi connectivity index (χ1n) is 10.7. The molecule has 34 heavy (non-hydrogen) atoms. The first-order chi connectivity index (χ1) is 16.4. The Morgan fingerprint density at radius 3 is 2.29 bits per heavy atom. The van der Waals surface area contributed by atoms with E-state index in [9.17, 15) is 14.4 Å². The van der Waals surface area contributed by atoms with Gasteiger partial charge in [-0.25, -0.2) is 9.69 Å². The van der Waals surface area contributed by atoms with Gasteiger partial charge in [-0.05, 0) is 48.9 Å². The second-order valence-electron chi connectivity index (χ2n) is 8.02. The van der Waals surface area contributed by atoms with Gasteiger partial charge >= 0.3 is 6.03 Å². The van der Waals surface area contributed by atoms with Crippen molar-refractivity contribution in [3.63, 3.8) is 0 Å². The van der Waals surface area contributed by atoms with Gasteiger partial charge in [0, 0.05) is 33.2 Å². The number of rotatable bonds is 4. The number of imide groups is 2. The summed E-state index contributed by atoms with van der Waals surface area (Å²) in [5.74, 6) is -1.36. The molecule has 1 aromatic heterocycles. The summed E-state index contributed by atoms with van der Waals surface area (Å²) in [7, 11) is 0. The molecule has 7 heteroatoms. The number of aromatic nitrogens is 1. The van der Waals surface area contributed by atoms with Crippen molar-refractivity contribution >= 4 is 56.4 Å². The van der Waals surface area contributed by atoms with Gasteiger partial charge < -0.3 is 4.57 Å². The highest BCUT2D eigenvalue weighted by Crippen LogP contribution is 2.30. The standard InChI is InChI=1S/C27H20BrN3O3/c1-17-22(21-9-5-6-10-24(21)30(17)16-18-7-3-2-4-8-18)15-23-25(32)29-27(34)31(26(23)33)20-13-11-19(28)12-14-20/h2-15H,16H2,1H3,(H,29,32,34)/b23-15+. The molecule has 0 spiro atoms. The number of carbonyl (C=O) groups is 3. The fourth-order valence-electron chi connectivity index (χ4n) is 4.24. The minimum absolute atomic E-state index is 0.0896. The Balaban J connectivity index is 1.61. The topological polar surface area (TPSA) is 71.4 Å². The molecular weight excluding hydrogens is 494 g/mol. The summed E-state index contributed by atoms with van der Waals surface area (Å²) in [5, 5.41) is 3.22. The number of amides is 4. The molecule has 1 N–H and O–H groups in total. The molecule has 0 unspecified atom stereocenters. The molecule has 6 nitrogen and oxygen atoms in total. The first-order valence-corrected chi connectivity index (χ1v) is 11.5. The number of nitrogens with zero attached hydrogens (tertiary/aromatic N) is 2. The van der Waals surface area contributed by atoms with Crippen LogP contribution in [0.3, 0.4) is 0 Å². The van der Waals surface area contributed by atoms with Crippen molar-refractivity contribution in [1.82, 2.24) is 9.88 Å². The lowest BCUT2D eigenvalue weighted by Gasteiger charge is -2.26. The highest BCUT2D eigenvalue weighted by molar-refractivity contribution is 9.10. The second kappa shape index (κ2) is 8.76. The zero-order valence-corrected chi connectivity index (χ0v) is 19.9. The first kappa shape index (κ1) is 21.9. The lowest BCUT2D eigenvalue weighted by atomic mass is 10.0. The van der Waals surface area contributed by atoms with Crippen LogP contribution in [0, 0.1) is 6.92 Å². The summed E-state index contributed by atoms with van der Waals surface area (Å²) in [6.45, 7) is 2.62. The molecule has 168 valence electrons. The minimum atomic E-state index is -0.766. The van der Waals surface area contributed by atoms with Crippen LogP contribution in [0.5, 0.6) is 0 Å². The number of fused-ring (bicyclic) bond motifs is 1. The Morgan fingerprint density at radius 1 is 0.882 bits per heavy atom. The summed E-state index contributed by atoms with van der Waals surface area (Å²) in [6, 6.07) is 24.0. The maximum atomic E-state index is 13.3. The molecule has 1 aliphatic rings. The van der Waals surface area contributed by atoms with Crippen molar-refractivity contribution in [2.24, 2.45) is 0 Å². The van der Waals surface area contributed by atoms with Crippen molar-refractivity contribution in [3.05, 3.63) is 106 Å². The fraction of sp³-hybridized carbons (Fsp3) is 0.0741. The largest absolute Gasteiger partial charge is 0.340 e. The van der Waals surface area contributed by atoms with E-state index in [1.54, 1.807) is 30.3 Å². The van der Waals surface area contributed by atoms with E-state index in [0.29, 0.717) is 12.2 Å². The molecule has 3 aromatic carbocycles. The lowest BCUT2D eigenvalue weighted by molar-refractivity contribution is -0.122. The van der Waals surface area contributed by atoms with Crippen molar-refractivity contribution in [2.45, 2.75) is 13.5 Å². The molecule has 0 atom stereocenters. The van der Waals surface area contributed by atoms with E-state index in [4.69, 9.17) is 0 Å². The molecule has 1 saturated heterocycles. The van der Waals surface area contributed by atoms with Crippen LogP contribution in [-0.4, -0.2) is 22.4 Å². The van der Waals surface area contributed by atoms with Crippen LogP contribution in [0.2, 0.25) is 0 Å². The van der Waals surface area contributed by atoms with Crippen LogP contribution in [0.25, 0.3) is 17.0 Å². The Hall–Kier alpha value is -3.97. The van der Waals surface area contributed by atoms with Crippen LogP contribution >= 0.6 is 15.9 Å². The SMILES string of the molecule is Cc1c(/C=C2\C(=O)NC(=O)N(c3ccc(Br)cc3)C2=O)c2ccccc2n1Cc1ccccc1. The van der Waals surface area contributed by atoms with E-state index in [1.165, 1.54) is 0 Å². The van der Waals surface area contributed by atoms with E-state index >= 15 is 0 Å². The molecule has 0 bridgehead atoms. The number of nitrogens with one attached hydrogen (secondary N) is 1. The average Bonchev–Trinajstić information content (AvgIpc) is 3.09. The van der Waals surface area contributed by atoms with Crippen molar-refractivity contribution < 1.29 is 14.4 Å². The van der Waals surface area contributed by atoms with Crippen molar-refractivity contribution in [1.29, 1.82) is 0 Å². The lowest BCUT2D eigenvalue weighted by Crippen LogP contribution is -2.54. The van der Waals surface area contributed by atoms with E-state index in [2.05, 4.69) is 37.9 Å². The van der Waals surface area contributed by atoms with Gasteiger partial charge in [0.25, 0.3) is 11.8 Å². The summed E-state index contributed by atoms with van der Waals surface area (Å²) in [5.41, 5.74) is 4.13. The van der Waals surface area contributed by atoms with Crippen LogP contribution in [0.15, 0.2) is 88.9 Å². The molecule has 0 radical (unpaired) electrons. The van der Waals surface area contributed by atoms with E-state index in [-0.39, 0.29) is 5.57 Å². The van der Waals surface area contributed by atoms with Crippen LogP contribution in [-0.2, 0) is 16.1 Å². The maximum Gasteiger partial charge on any atom is 0.335 e. The molecular formula is C27H20BrN3O3. The Morgan fingerprint density at radius 2 is 1.56 bits per heavy atom. The monoisotopic (exact) mass is 513 g/mol. The highest BCUT2D eigenvalue weighted by atomic mass is 79.9. The predicted molar refractivity (Wildman–Crippen MR) is 135 cm³/mol. The average molecular weight is 514 g/mol. The molecule has 0 aliphatic carbocycles. The maximum absolute atomic E-state index is 13.3. The third-order valence-electron chi connectivity index (χ3n) is 5.94. The van der Waals surface area contributed by atoms with Crippen molar-refractivity contribution in [2.75, 3.05) is 4.90 Å². The minimum Gasteiger partial charge on any atom is -0.340 e. The fourth-order valence-corrected chi connectivity index (χ4v) is 4.50. The predicted octanol–water partition coefficient (Wildman–Crippen LogP) is 5.43. The number of benzene rings is 3. The molecule has 0 saturated carbocycles. The van der Waals surface area contributed by atoms with Gasteiger partial charge in [-0.15, -0.1) is 0 Å². The van der Waals surface area contributed by atoms with Gasteiger partial charge in [-0.1, -0.05) is 64.5 Å². The summed E-state index contributed by atoms with van der Waals surface area (Å²) in [6.07, 6.45) is 1.59. The number of para-hydroxylation sites is 1. The molecule has 1 aliphatic heterocycles. The van der Waals surface area contributed by atoms with E-state index in [1.807, 2.05) is 49.4 Å². The summed E-state index contributed by atoms with van der Waals surface area (Å²) in [4.78, 5) is 39.6. The number of hydrogen-bond donors (Lipinski definition) is 1. The van der Waals surface area contributed by atoms with Gasteiger partial charge in [0.2, 0.25) is 0 Å². The summed E-state index contributed by atoms with van der Waals surface area (Å²) < 4.78 is 2.98. The van der Waals surface area contributed by atoms with E-state index < -0.39 is 17.8 Å². The number of barbiturate groups is 1. The second-order valence-corrected chi connectivity index (χ2v) is 8.94. The van der Waals surface area contributed by atoms with Gasteiger partial charge in [0.15, 0.2) is 0 Å². The molecule has 1 fully saturated rings. The molecule has 4 aromatic rings. The normalized spacial score (nSPS) is 15.3. The Labute approximate surface area is 204 Å². The van der Waals surface area contributed by atoms with Crippen LogP contribution in [0.1, 0.15) is 16.8 Å². The third kappa shape index (κ3) is 3.84. The zero-order chi connectivity index (χ0) is 23.8. The number of hydrogen-bond acceptors (Lipinski definition) is 3. The number of halogens is 1. The third-order valence-corrected chi connectivity index (χ3v) is 6.47. The molecule has 5 rings (SSSR count). The number of urea groups is 1.